The highest BCUT2D eigenvalue weighted by molar-refractivity contribution is 7.47. The molecule has 0 saturated carbocycles. The molecule has 11 nitrogen and oxygen atoms in total. The van der Waals surface area contributed by atoms with Crippen molar-refractivity contribution in [2.45, 2.75) is 116 Å². The number of allylic oxidation sites excluding steroid dienone is 8. The third-order valence-electron chi connectivity index (χ3n) is 6.13. The zero-order valence-electron chi connectivity index (χ0n) is 26.4. The minimum atomic E-state index is -4.74. The standard InChI is InChI=1S/C32H54NO10P/c1-3-5-7-9-10-11-12-13-14-15-16-17-18-20-22-24-31(36)41-25-28(34)26-42-44(39,40)43-27-29(32(37)38)33-30(35)23-21-19-8-6-4-2/h5,7,10-11,13-14,16-17,28-29,34H,3-4,6,8-9,12,15,18-27H2,1-2H3,(H,33,35)(H,37,38)(H,39,40)/b7-5-,11-10-,14-13-,17-16-. The minimum Gasteiger partial charge on any atom is -0.480 e. The molecule has 0 bridgehead atoms. The molecule has 1 amide bonds. The monoisotopic (exact) mass is 643 g/mol. The van der Waals surface area contributed by atoms with Crippen LogP contribution in [0.15, 0.2) is 48.6 Å². The lowest BCUT2D eigenvalue weighted by Crippen LogP contribution is -2.43. The van der Waals surface area contributed by atoms with E-state index in [4.69, 9.17) is 4.74 Å². The maximum atomic E-state index is 12.1. The van der Waals surface area contributed by atoms with Crippen molar-refractivity contribution in [1.82, 2.24) is 5.32 Å². The Hall–Kier alpha value is -2.56. The number of amides is 1. The maximum absolute atomic E-state index is 12.1. The van der Waals surface area contributed by atoms with Crippen molar-refractivity contribution in [1.29, 1.82) is 0 Å². The van der Waals surface area contributed by atoms with E-state index in [2.05, 4.69) is 76.8 Å². The second kappa shape index (κ2) is 28.0. The van der Waals surface area contributed by atoms with E-state index in [0.29, 0.717) is 12.8 Å². The molecule has 0 aromatic carbocycles. The van der Waals surface area contributed by atoms with Gasteiger partial charge in [-0.05, 0) is 51.4 Å². The number of ether oxygens (including phenoxy) is 1. The lowest BCUT2D eigenvalue weighted by molar-refractivity contribution is -0.147. The number of carbonyl (C=O) groups is 3. The number of esters is 1. The number of aliphatic hydroxyl groups excluding tert-OH is 1. The van der Waals surface area contributed by atoms with Crippen molar-refractivity contribution < 1.29 is 47.8 Å². The van der Waals surface area contributed by atoms with Gasteiger partial charge in [-0.15, -0.1) is 0 Å². The highest BCUT2D eigenvalue weighted by Crippen LogP contribution is 2.43. The van der Waals surface area contributed by atoms with Gasteiger partial charge in [-0.2, -0.15) is 0 Å². The number of hydrogen-bond acceptors (Lipinski definition) is 8. The molecule has 0 rings (SSSR count). The summed E-state index contributed by atoms with van der Waals surface area (Å²) < 4.78 is 26.4. The number of nitrogens with one attached hydrogen (secondary N) is 1. The fourth-order valence-electron chi connectivity index (χ4n) is 3.66. The summed E-state index contributed by atoms with van der Waals surface area (Å²) in [4.78, 5) is 45.1. The first-order valence-corrected chi connectivity index (χ1v) is 17.2. The first kappa shape index (κ1) is 41.4. The predicted molar refractivity (Wildman–Crippen MR) is 171 cm³/mol. The first-order valence-electron chi connectivity index (χ1n) is 15.7. The van der Waals surface area contributed by atoms with E-state index in [1.165, 1.54) is 0 Å². The Bertz CT molecular complexity index is 947. The van der Waals surface area contributed by atoms with Gasteiger partial charge in [0.1, 0.15) is 12.7 Å². The van der Waals surface area contributed by atoms with Crippen molar-refractivity contribution in [2.24, 2.45) is 0 Å². The topological polar surface area (TPSA) is 169 Å². The summed E-state index contributed by atoms with van der Waals surface area (Å²) in [5.41, 5.74) is 0. The molecule has 12 heteroatoms. The van der Waals surface area contributed by atoms with Gasteiger partial charge in [-0.3, -0.25) is 18.6 Å². The molecule has 0 radical (unpaired) electrons. The van der Waals surface area contributed by atoms with Crippen LogP contribution in [0.1, 0.15) is 104 Å². The number of phosphoric acid groups is 1. The predicted octanol–water partition coefficient (Wildman–Crippen LogP) is 6.32. The van der Waals surface area contributed by atoms with Crippen LogP contribution in [0, 0.1) is 0 Å². The molecule has 0 aliphatic heterocycles. The number of aliphatic hydroxyl groups is 1. The fraction of sp³-hybridized carbons (Fsp3) is 0.656. The number of hydrogen-bond donors (Lipinski definition) is 4. The molecule has 0 aromatic rings. The molecule has 0 spiro atoms. The summed E-state index contributed by atoms with van der Waals surface area (Å²) >= 11 is 0. The molecule has 0 aromatic heterocycles. The molecule has 252 valence electrons. The fourth-order valence-corrected chi connectivity index (χ4v) is 4.43. The SMILES string of the molecule is CC/C=C\C/C=C\C/C=C\C/C=C\CCCCC(=O)OCC(O)COP(=O)(O)OCC(NC(=O)CCCCCCC)C(=O)O. The van der Waals surface area contributed by atoms with Gasteiger partial charge in [0.05, 0.1) is 13.2 Å². The highest BCUT2D eigenvalue weighted by Gasteiger charge is 2.28. The van der Waals surface area contributed by atoms with Gasteiger partial charge < -0.3 is 25.2 Å². The van der Waals surface area contributed by atoms with Crippen LogP contribution in [0.25, 0.3) is 0 Å². The molecule has 0 aliphatic carbocycles. The van der Waals surface area contributed by atoms with Crippen molar-refractivity contribution in [3.8, 4) is 0 Å². The lowest BCUT2D eigenvalue weighted by atomic mass is 10.1. The largest absolute Gasteiger partial charge is 0.480 e. The number of carboxylic acid groups (broad SMARTS) is 1. The smallest absolute Gasteiger partial charge is 0.472 e. The van der Waals surface area contributed by atoms with Crippen LogP contribution in [0.5, 0.6) is 0 Å². The van der Waals surface area contributed by atoms with E-state index in [1.807, 2.05) is 0 Å². The van der Waals surface area contributed by atoms with Crippen LogP contribution in [-0.4, -0.2) is 64.9 Å². The van der Waals surface area contributed by atoms with E-state index in [1.54, 1.807) is 0 Å². The third kappa shape index (κ3) is 27.0. The summed E-state index contributed by atoms with van der Waals surface area (Å²) in [6, 6.07) is -1.55. The Labute approximate surface area is 263 Å². The molecule has 0 aliphatic rings. The quantitative estimate of drug-likeness (QED) is 0.0328. The number of aliphatic carboxylic acids is 1. The van der Waals surface area contributed by atoms with E-state index >= 15 is 0 Å². The van der Waals surface area contributed by atoms with Crippen LogP contribution in [-0.2, 0) is 32.7 Å². The van der Waals surface area contributed by atoms with Gasteiger partial charge in [-0.1, -0.05) is 88.1 Å². The maximum Gasteiger partial charge on any atom is 0.472 e. The van der Waals surface area contributed by atoms with Crippen molar-refractivity contribution in [3.05, 3.63) is 48.6 Å². The molecule has 0 saturated heterocycles. The summed E-state index contributed by atoms with van der Waals surface area (Å²) in [5.74, 6) is -2.45. The van der Waals surface area contributed by atoms with Gasteiger partial charge >= 0.3 is 19.8 Å². The number of phosphoric ester groups is 1. The Balaban J connectivity index is 4.06. The van der Waals surface area contributed by atoms with Crippen LogP contribution in [0.4, 0.5) is 0 Å². The normalized spacial score (nSPS) is 14.8. The third-order valence-corrected chi connectivity index (χ3v) is 7.08. The number of carboxylic acids is 1. The molecule has 44 heavy (non-hydrogen) atoms. The zero-order valence-corrected chi connectivity index (χ0v) is 27.3. The molecule has 0 heterocycles. The summed E-state index contributed by atoms with van der Waals surface area (Å²) in [6.45, 7) is 2.25. The van der Waals surface area contributed by atoms with E-state index in [0.717, 1.165) is 64.2 Å². The van der Waals surface area contributed by atoms with Crippen LogP contribution < -0.4 is 5.32 Å². The molecule has 0 fully saturated rings. The average molecular weight is 644 g/mol. The molecule has 4 N–H and O–H groups in total. The molecule has 3 atom stereocenters. The Morgan fingerprint density at radius 3 is 1.93 bits per heavy atom. The summed E-state index contributed by atoms with van der Waals surface area (Å²) in [6.07, 6.45) is 26.5. The summed E-state index contributed by atoms with van der Waals surface area (Å²) in [7, 11) is -4.74. The molecular formula is C32H54NO10P. The minimum absolute atomic E-state index is 0.136. The van der Waals surface area contributed by atoms with Crippen molar-refractivity contribution in [3.63, 3.8) is 0 Å². The Morgan fingerprint density at radius 1 is 0.750 bits per heavy atom. The average Bonchev–Trinajstić information content (AvgIpc) is 2.98. The van der Waals surface area contributed by atoms with Gasteiger partial charge in [0.15, 0.2) is 6.04 Å². The molecule has 3 unspecified atom stereocenters. The van der Waals surface area contributed by atoms with E-state index in [-0.39, 0.29) is 12.8 Å². The van der Waals surface area contributed by atoms with Gasteiger partial charge in [-0.25, -0.2) is 9.36 Å². The van der Waals surface area contributed by atoms with E-state index < -0.39 is 57.6 Å². The highest BCUT2D eigenvalue weighted by atomic mass is 31.2. The van der Waals surface area contributed by atoms with Crippen LogP contribution in [0.2, 0.25) is 0 Å². The second-order valence-electron chi connectivity index (χ2n) is 10.3. The Kier molecular flexibility index (Phi) is 26.3. The number of unbranched alkanes of at least 4 members (excludes halogenated alkanes) is 6. The van der Waals surface area contributed by atoms with Crippen molar-refractivity contribution in [2.75, 3.05) is 19.8 Å². The van der Waals surface area contributed by atoms with Crippen molar-refractivity contribution >= 4 is 25.7 Å². The Morgan fingerprint density at radius 2 is 1.32 bits per heavy atom. The lowest BCUT2D eigenvalue weighted by Gasteiger charge is -2.18. The zero-order chi connectivity index (χ0) is 32.9. The number of carbonyl (C=O) groups excluding carboxylic acids is 2. The number of rotatable bonds is 28. The second-order valence-corrected chi connectivity index (χ2v) is 11.7. The van der Waals surface area contributed by atoms with Gasteiger partial charge in [0.25, 0.3) is 0 Å². The van der Waals surface area contributed by atoms with Crippen LogP contribution in [0.3, 0.4) is 0 Å². The first-order chi connectivity index (χ1) is 21.1. The molecular weight excluding hydrogens is 589 g/mol. The van der Waals surface area contributed by atoms with Crippen LogP contribution >= 0.6 is 7.82 Å². The van der Waals surface area contributed by atoms with E-state index in [9.17, 15) is 34.1 Å². The van der Waals surface area contributed by atoms with Gasteiger partial charge in [0, 0.05) is 12.8 Å². The van der Waals surface area contributed by atoms with Gasteiger partial charge in [0.2, 0.25) is 5.91 Å². The summed E-state index contributed by atoms with van der Waals surface area (Å²) in [5, 5.41) is 21.5.